The Kier molecular flexibility index (Phi) is 5.65. The Morgan fingerprint density at radius 1 is 1.32 bits per heavy atom. The molecule has 4 heteroatoms. The van der Waals surface area contributed by atoms with Crippen molar-refractivity contribution in [1.82, 2.24) is 14.7 Å². The first kappa shape index (κ1) is 17.0. The summed E-state index contributed by atoms with van der Waals surface area (Å²) < 4.78 is 2.04. The van der Waals surface area contributed by atoms with E-state index < -0.39 is 0 Å². The maximum absolute atomic E-state index is 12.9. The highest BCUT2D eigenvalue weighted by Crippen LogP contribution is 2.28. The largest absolute Gasteiger partial charge is 0.338 e. The maximum atomic E-state index is 12.9. The Bertz CT molecular complexity index is 513. The zero-order valence-corrected chi connectivity index (χ0v) is 14.9. The molecule has 0 spiro atoms. The van der Waals surface area contributed by atoms with Crippen molar-refractivity contribution in [3.05, 3.63) is 17.0 Å². The highest BCUT2D eigenvalue weighted by molar-refractivity contribution is 5.79. The van der Waals surface area contributed by atoms with E-state index in [9.17, 15) is 4.79 Å². The van der Waals surface area contributed by atoms with Crippen LogP contribution >= 0.6 is 0 Å². The van der Waals surface area contributed by atoms with Gasteiger partial charge in [0, 0.05) is 36.8 Å². The van der Waals surface area contributed by atoms with Gasteiger partial charge in [-0.1, -0.05) is 26.7 Å². The summed E-state index contributed by atoms with van der Waals surface area (Å²) in [5, 5.41) is 4.60. The minimum absolute atomic E-state index is 0.251. The van der Waals surface area contributed by atoms with Gasteiger partial charge >= 0.3 is 0 Å². The third-order valence-corrected chi connectivity index (χ3v) is 4.78. The van der Waals surface area contributed by atoms with E-state index >= 15 is 0 Å². The molecular weight excluding hydrogens is 274 g/mol. The third kappa shape index (κ3) is 3.71. The Balaban J connectivity index is 2.19. The van der Waals surface area contributed by atoms with Crippen LogP contribution in [0.5, 0.6) is 0 Å². The summed E-state index contributed by atoms with van der Waals surface area (Å²) >= 11 is 0. The van der Waals surface area contributed by atoms with Crippen LogP contribution in [-0.4, -0.2) is 27.1 Å². The van der Waals surface area contributed by atoms with E-state index in [1.54, 1.807) is 0 Å². The lowest BCUT2D eigenvalue weighted by Crippen LogP contribution is -2.37. The fourth-order valence-corrected chi connectivity index (χ4v) is 3.57. The predicted octanol–water partition coefficient (Wildman–Crippen LogP) is 3.69. The molecule has 0 unspecified atom stereocenters. The van der Waals surface area contributed by atoms with Gasteiger partial charge in [0.2, 0.25) is 5.91 Å². The maximum Gasteiger partial charge on any atom is 0.225 e. The molecule has 1 aromatic heterocycles. The van der Waals surface area contributed by atoms with Gasteiger partial charge in [-0.2, -0.15) is 5.10 Å². The van der Waals surface area contributed by atoms with Crippen molar-refractivity contribution in [2.24, 2.45) is 11.8 Å². The van der Waals surface area contributed by atoms with E-state index in [-0.39, 0.29) is 5.92 Å². The van der Waals surface area contributed by atoms with Crippen molar-refractivity contribution in [1.29, 1.82) is 0 Å². The van der Waals surface area contributed by atoms with Gasteiger partial charge in [-0.25, -0.2) is 0 Å². The van der Waals surface area contributed by atoms with Crippen LogP contribution in [0, 0.1) is 25.7 Å². The second-order valence-electron chi connectivity index (χ2n) is 7.06. The number of carbonyl (C=O) groups excluding carboxylic acids is 1. The molecule has 0 saturated heterocycles. The summed E-state index contributed by atoms with van der Waals surface area (Å²) in [6.07, 6.45) is 4.55. The van der Waals surface area contributed by atoms with Crippen molar-refractivity contribution < 1.29 is 4.79 Å². The summed E-state index contributed by atoms with van der Waals surface area (Å²) in [6, 6.07) is 0. The molecule has 1 heterocycles. The smallest absolute Gasteiger partial charge is 0.225 e. The van der Waals surface area contributed by atoms with Gasteiger partial charge in [0.25, 0.3) is 0 Å². The highest BCUT2D eigenvalue weighted by atomic mass is 16.2. The van der Waals surface area contributed by atoms with Gasteiger partial charge in [-0.3, -0.25) is 9.48 Å². The molecular formula is C18H31N3O. The van der Waals surface area contributed by atoms with Crippen LogP contribution in [0.3, 0.4) is 0 Å². The summed E-state index contributed by atoms with van der Waals surface area (Å²) in [7, 11) is 0. The second kappa shape index (κ2) is 7.30. The molecule has 1 fully saturated rings. The molecule has 0 atom stereocenters. The fraction of sp³-hybridized carbons (Fsp3) is 0.778. The Morgan fingerprint density at radius 3 is 2.45 bits per heavy atom. The first-order valence-electron chi connectivity index (χ1n) is 8.75. The number of hydrogen-bond donors (Lipinski definition) is 0. The first-order chi connectivity index (χ1) is 10.4. The molecule has 1 aliphatic carbocycles. The van der Waals surface area contributed by atoms with Crippen LogP contribution in [0.4, 0.5) is 0 Å². The van der Waals surface area contributed by atoms with Crippen LogP contribution in [0.15, 0.2) is 0 Å². The second-order valence-corrected chi connectivity index (χ2v) is 7.06. The van der Waals surface area contributed by atoms with Crippen molar-refractivity contribution in [3.63, 3.8) is 0 Å². The summed E-state index contributed by atoms with van der Waals surface area (Å²) in [5.41, 5.74) is 3.49. The number of amides is 1. The molecule has 0 bridgehead atoms. The molecule has 1 saturated carbocycles. The monoisotopic (exact) mass is 305 g/mol. The predicted molar refractivity (Wildman–Crippen MR) is 89.6 cm³/mol. The third-order valence-electron chi connectivity index (χ3n) is 4.78. The summed E-state index contributed by atoms with van der Waals surface area (Å²) in [4.78, 5) is 15.0. The zero-order chi connectivity index (χ0) is 16.3. The van der Waals surface area contributed by atoms with Crippen LogP contribution in [0.1, 0.15) is 63.4 Å². The lowest BCUT2D eigenvalue weighted by Gasteiger charge is -2.27. The molecule has 1 amide bonds. The van der Waals surface area contributed by atoms with Gasteiger partial charge < -0.3 is 4.90 Å². The van der Waals surface area contributed by atoms with Gasteiger partial charge in [-0.05, 0) is 39.5 Å². The lowest BCUT2D eigenvalue weighted by atomic mass is 10.0. The Labute approximate surface area is 134 Å². The van der Waals surface area contributed by atoms with E-state index in [2.05, 4.69) is 44.6 Å². The van der Waals surface area contributed by atoms with Crippen LogP contribution in [0.2, 0.25) is 0 Å². The molecule has 1 aliphatic rings. The van der Waals surface area contributed by atoms with E-state index in [1.165, 1.54) is 24.1 Å². The molecule has 2 rings (SSSR count). The molecule has 124 valence electrons. The molecule has 22 heavy (non-hydrogen) atoms. The number of nitrogens with zero attached hydrogens (tertiary/aromatic N) is 3. The first-order valence-corrected chi connectivity index (χ1v) is 8.75. The lowest BCUT2D eigenvalue weighted by molar-refractivity contribution is -0.136. The van der Waals surface area contributed by atoms with Crippen molar-refractivity contribution >= 4 is 5.91 Å². The molecule has 0 aromatic carbocycles. The van der Waals surface area contributed by atoms with E-state index in [0.717, 1.165) is 31.6 Å². The average Bonchev–Trinajstić information content (AvgIpc) is 3.08. The molecule has 4 nitrogen and oxygen atoms in total. The van der Waals surface area contributed by atoms with Gasteiger partial charge in [0.1, 0.15) is 0 Å². The van der Waals surface area contributed by atoms with E-state index in [1.807, 2.05) is 4.68 Å². The SMILES string of the molecule is CCn1nc(C)c(CN(CC(C)C)C(=O)C2CCCC2)c1C. The molecule has 0 N–H and O–H groups in total. The van der Waals surface area contributed by atoms with Gasteiger partial charge in [0.05, 0.1) is 5.69 Å². The number of rotatable bonds is 6. The van der Waals surface area contributed by atoms with Crippen molar-refractivity contribution in [3.8, 4) is 0 Å². The quantitative estimate of drug-likeness (QED) is 0.804. The standard InChI is InChI=1S/C18H31N3O/c1-6-21-15(5)17(14(4)19-21)12-20(11-13(2)3)18(22)16-9-7-8-10-16/h13,16H,6-12H2,1-5H3. The molecule has 1 aromatic rings. The topological polar surface area (TPSA) is 38.1 Å². The number of hydrogen-bond acceptors (Lipinski definition) is 2. The van der Waals surface area contributed by atoms with E-state index in [4.69, 9.17) is 0 Å². The van der Waals surface area contributed by atoms with Crippen LogP contribution in [-0.2, 0) is 17.9 Å². The molecule has 0 aliphatic heterocycles. The normalized spacial score (nSPS) is 15.7. The Morgan fingerprint density at radius 2 is 1.95 bits per heavy atom. The van der Waals surface area contributed by atoms with Gasteiger partial charge in [0.15, 0.2) is 0 Å². The number of aromatic nitrogens is 2. The van der Waals surface area contributed by atoms with E-state index in [0.29, 0.717) is 18.4 Å². The van der Waals surface area contributed by atoms with Crippen molar-refractivity contribution in [2.45, 2.75) is 73.4 Å². The van der Waals surface area contributed by atoms with Gasteiger partial charge in [-0.15, -0.1) is 0 Å². The average molecular weight is 305 g/mol. The highest BCUT2D eigenvalue weighted by Gasteiger charge is 2.28. The van der Waals surface area contributed by atoms with Crippen LogP contribution < -0.4 is 0 Å². The summed E-state index contributed by atoms with van der Waals surface area (Å²) in [5.74, 6) is 1.10. The zero-order valence-electron chi connectivity index (χ0n) is 14.9. The molecule has 0 radical (unpaired) electrons. The fourth-order valence-electron chi connectivity index (χ4n) is 3.57. The number of aryl methyl sites for hydroxylation is 2. The minimum atomic E-state index is 0.251. The summed E-state index contributed by atoms with van der Waals surface area (Å²) in [6.45, 7) is 13.1. The van der Waals surface area contributed by atoms with Crippen molar-refractivity contribution in [2.75, 3.05) is 6.54 Å². The minimum Gasteiger partial charge on any atom is -0.338 e. The Hall–Kier alpha value is -1.32. The van der Waals surface area contributed by atoms with Crippen LogP contribution in [0.25, 0.3) is 0 Å². The number of carbonyl (C=O) groups is 1.